The average molecular weight is 309 g/mol. The number of aryl methyl sites for hydroxylation is 1. The Morgan fingerprint density at radius 2 is 2.00 bits per heavy atom. The van der Waals surface area contributed by atoms with Gasteiger partial charge in [-0.3, -0.25) is 0 Å². The fourth-order valence-electron chi connectivity index (χ4n) is 3.03. The summed E-state index contributed by atoms with van der Waals surface area (Å²) in [6, 6.07) is 12.9. The summed E-state index contributed by atoms with van der Waals surface area (Å²) in [4.78, 5) is 2.29. The van der Waals surface area contributed by atoms with Crippen molar-refractivity contribution < 1.29 is 0 Å². The second-order valence-electron chi connectivity index (χ2n) is 5.99. The second-order valence-corrected chi connectivity index (χ2v) is 5.99. The fraction of sp³-hybridized carbons (Fsp3) is 0.375. The van der Waals surface area contributed by atoms with Gasteiger partial charge in [0, 0.05) is 24.8 Å². The van der Waals surface area contributed by atoms with E-state index in [2.05, 4.69) is 62.0 Å². The van der Waals surface area contributed by atoms with Gasteiger partial charge in [-0.2, -0.15) is 0 Å². The van der Waals surface area contributed by atoms with Crippen LogP contribution in [0.1, 0.15) is 18.4 Å². The van der Waals surface area contributed by atoms with Crippen LogP contribution in [0.2, 0.25) is 0 Å². The highest BCUT2D eigenvalue weighted by Crippen LogP contribution is 2.21. The number of tetrazole rings is 1. The van der Waals surface area contributed by atoms with Crippen LogP contribution in [0.5, 0.6) is 0 Å². The molecule has 1 saturated heterocycles. The Morgan fingerprint density at radius 3 is 2.83 bits per heavy atom. The Morgan fingerprint density at radius 1 is 1.13 bits per heavy atom. The van der Waals surface area contributed by atoms with Crippen molar-refractivity contribution >= 4 is 17.2 Å². The summed E-state index contributed by atoms with van der Waals surface area (Å²) >= 11 is 0. The summed E-state index contributed by atoms with van der Waals surface area (Å²) in [5.41, 5.74) is 3.16. The lowest BCUT2D eigenvalue weighted by Gasteiger charge is -2.33. The molecule has 4 rings (SSSR count). The molecule has 7 heteroatoms. The predicted octanol–water partition coefficient (Wildman–Crippen LogP) is 1.91. The molecule has 1 aliphatic heterocycles. The number of aromatic nitrogens is 5. The van der Waals surface area contributed by atoms with Crippen LogP contribution in [0.15, 0.2) is 36.4 Å². The number of hydrogen-bond donors (Lipinski definition) is 1. The Balaban J connectivity index is 1.40. The first-order valence-electron chi connectivity index (χ1n) is 7.91. The molecule has 0 bridgehead atoms. The molecule has 7 nitrogen and oxygen atoms in total. The normalized spacial score (nSPS) is 16.0. The number of anilines is 2. The number of rotatable bonds is 3. The molecule has 0 unspecified atom stereocenters. The van der Waals surface area contributed by atoms with Gasteiger partial charge >= 0.3 is 0 Å². The summed E-state index contributed by atoms with van der Waals surface area (Å²) in [5, 5.41) is 19.5. The minimum absolute atomic E-state index is 0.504. The van der Waals surface area contributed by atoms with E-state index < -0.39 is 0 Å². The van der Waals surface area contributed by atoms with E-state index in [1.165, 1.54) is 15.9 Å². The van der Waals surface area contributed by atoms with Crippen molar-refractivity contribution in [2.24, 2.45) is 0 Å². The molecule has 0 amide bonds. The SMILES string of the molecule is Cc1cccc(NC2CCN(c3ccc4nnnn4n3)CC2)c1. The first-order valence-corrected chi connectivity index (χ1v) is 7.91. The average Bonchev–Trinajstić information content (AvgIpc) is 3.03. The van der Waals surface area contributed by atoms with Gasteiger partial charge in [0.05, 0.1) is 0 Å². The van der Waals surface area contributed by atoms with Crippen LogP contribution in [-0.4, -0.2) is 44.4 Å². The van der Waals surface area contributed by atoms with E-state index in [0.717, 1.165) is 31.7 Å². The van der Waals surface area contributed by atoms with E-state index in [9.17, 15) is 0 Å². The standard InChI is InChI=1S/C16H19N7/c1-12-3-2-4-14(11-12)17-13-7-9-22(10-8-13)16-6-5-15-18-20-21-23(15)19-16/h2-6,11,13,17H,7-10H2,1H3. The first-order chi connectivity index (χ1) is 11.3. The van der Waals surface area contributed by atoms with Gasteiger partial charge in [0.1, 0.15) is 0 Å². The van der Waals surface area contributed by atoms with Crippen LogP contribution in [-0.2, 0) is 0 Å². The van der Waals surface area contributed by atoms with E-state index in [1.54, 1.807) is 0 Å². The van der Waals surface area contributed by atoms with Crippen molar-refractivity contribution in [3.63, 3.8) is 0 Å². The maximum Gasteiger partial charge on any atom is 0.200 e. The molecule has 0 saturated carbocycles. The van der Waals surface area contributed by atoms with Gasteiger partial charge in [-0.05, 0) is 60.0 Å². The first kappa shape index (κ1) is 13.9. The fourth-order valence-corrected chi connectivity index (χ4v) is 3.03. The van der Waals surface area contributed by atoms with Gasteiger partial charge in [0.2, 0.25) is 0 Å². The van der Waals surface area contributed by atoms with Crippen molar-refractivity contribution in [1.82, 2.24) is 25.3 Å². The molecule has 0 aliphatic carbocycles. The highest BCUT2D eigenvalue weighted by molar-refractivity contribution is 5.47. The Kier molecular flexibility index (Phi) is 3.53. The van der Waals surface area contributed by atoms with Crippen molar-refractivity contribution in [1.29, 1.82) is 0 Å². The number of hydrogen-bond acceptors (Lipinski definition) is 6. The molecule has 0 atom stereocenters. The van der Waals surface area contributed by atoms with Crippen molar-refractivity contribution in [3.8, 4) is 0 Å². The zero-order valence-corrected chi connectivity index (χ0v) is 13.1. The minimum atomic E-state index is 0.504. The van der Waals surface area contributed by atoms with Crippen LogP contribution < -0.4 is 10.2 Å². The topological polar surface area (TPSA) is 71.2 Å². The van der Waals surface area contributed by atoms with Gasteiger partial charge in [0.15, 0.2) is 11.5 Å². The lowest BCUT2D eigenvalue weighted by molar-refractivity contribution is 0.520. The van der Waals surface area contributed by atoms with Gasteiger partial charge < -0.3 is 10.2 Å². The molecular weight excluding hydrogens is 290 g/mol. The number of fused-ring (bicyclic) bond motifs is 1. The highest BCUT2D eigenvalue weighted by atomic mass is 15.6. The molecule has 3 heterocycles. The molecule has 0 radical (unpaired) electrons. The Labute approximate surface area is 134 Å². The summed E-state index contributed by atoms with van der Waals surface area (Å²) < 4.78 is 1.48. The maximum absolute atomic E-state index is 4.47. The molecule has 23 heavy (non-hydrogen) atoms. The molecule has 2 aromatic heterocycles. The van der Waals surface area contributed by atoms with Crippen LogP contribution in [0.3, 0.4) is 0 Å². The quantitative estimate of drug-likeness (QED) is 0.797. The Hall–Kier alpha value is -2.70. The molecule has 1 aromatic carbocycles. The molecular formula is C16H19N7. The summed E-state index contributed by atoms with van der Waals surface area (Å²) in [7, 11) is 0. The van der Waals surface area contributed by atoms with Crippen molar-refractivity contribution in [2.45, 2.75) is 25.8 Å². The van der Waals surface area contributed by atoms with E-state index in [1.807, 2.05) is 12.1 Å². The summed E-state index contributed by atoms with van der Waals surface area (Å²) in [6.07, 6.45) is 2.17. The van der Waals surface area contributed by atoms with Gasteiger partial charge in [0.25, 0.3) is 0 Å². The van der Waals surface area contributed by atoms with E-state index in [4.69, 9.17) is 0 Å². The number of nitrogens with zero attached hydrogens (tertiary/aromatic N) is 6. The third-order valence-corrected chi connectivity index (χ3v) is 4.26. The molecule has 0 spiro atoms. The van der Waals surface area contributed by atoms with Crippen molar-refractivity contribution in [3.05, 3.63) is 42.0 Å². The number of nitrogens with one attached hydrogen (secondary N) is 1. The monoisotopic (exact) mass is 309 g/mol. The lowest BCUT2D eigenvalue weighted by Crippen LogP contribution is -2.39. The zero-order chi connectivity index (χ0) is 15.6. The molecule has 1 fully saturated rings. The number of piperidine rings is 1. The van der Waals surface area contributed by atoms with Crippen LogP contribution in [0.4, 0.5) is 11.5 Å². The van der Waals surface area contributed by atoms with Crippen molar-refractivity contribution in [2.75, 3.05) is 23.3 Å². The second kappa shape index (κ2) is 5.83. The summed E-state index contributed by atoms with van der Waals surface area (Å²) in [5.74, 6) is 0.929. The van der Waals surface area contributed by atoms with Crippen LogP contribution in [0, 0.1) is 6.92 Å². The largest absolute Gasteiger partial charge is 0.382 e. The van der Waals surface area contributed by atoms with Gasteiger partial charge in [-0.25, -0.2) is 0 Å². The number of benzene rings is 1. The van der Waals surface area contributed by atoms with E-state index in [-0.39, 0.29) is 0 Å². The molecule has 118 valence electrons. The minimum Gasteiger partial charge on any atom is -0.382 e. The van der Waals surface area contributed by atoms with Gasteiger partial charge in [-0.1, -0.05) is 12.1 Å². The molecule has 1 N–H and O–H groups in total. The Bertz CT molecular complexity index is 805. The maximum atomic E-state index is 4.47. The highest BCUT2D eigenvalue weighted by Gasteiger charge is 2.20. The lowest BCUT2D eigenvalue weighted by atomic mass is 10.0. The predicted molar refractivity (Wildman–Crippen MR) is 88.6 cm³/mol. The molecule has 3 aromatic rings. The smallest absolute Gasteiger partial charge is 0.200 e. The zero-order valence-electron chi connectivity index (χ0n) is 13.1. The summed E-state index contributed by atoms with van der Waals surface area (Å²) in [6.45, 7) is 4.07. The third kappa shape index (κ3) is 2.94. The third-order valence-electron chi connectivity index (χ3n) is 4.26. The van der Waals surface area contributed by atoms with Crippen LogP contribution in [0.25, 0.3) is 5.65 Å². The van der Waals surface area contributed by atoms with Crippen LogP contribution >= 0.6 is 0 Å². The van der Waals surface area contributed by atoms with Gasteiger partial charge in [-0.15, -0.1) is 14.8 Å². The van der Waals surface area contributed by atoms with E-state index >= 15 is 0 Å². The van der Waals surface area contributed by atoms with E-state index in [0.29, 0.717) is 11.7 Å². The molecule has 1 aliphatic rings.